The second-order valence-electron chi connectivity index (χ2n) is 8.16. The van der Waals surface area contributed by atoms with Gasteiger partial charge in [-0.3, -0.25) is 14.5 Å². The van der Waals surface area contributed by atoms with Crippen molar-refractivity contribution >= 4 is 24.0 Å². The first-order valence-electron chi connectivity index (χ1n) is 11.7. The summed E-state index contributed by atoms with van der Waals surface area (Å²) in [7, 11) is 0. The molecule has 2 aromatic carbocycles. The SMILES string of the molecule is CC(=O)NCCCN(CCCCNC(=O)/C=C/c1ccc(O)cc1)C(O)/C=C/c1ccc(O)cc1. The van der Waals surface area contributed by atoms with Crippen molar-refractivity contribution in [3.05, 3.63) is 71.8 Å². The van der Waals surface area contributed by atoms with E-state index < -0.39 is 6.23 Å². The zero-order valence-electron chi connectivity index (χ0n) is 20.1. The summed E-state index contributed by atoms with van der Waals surface area (Å²) in [5.74, 6) is 0.0867. The van der Waals surface area contributed by atoms with E-state index >= 15 is 0 Å². The quantitative estimate of drug-likeness (QED) is 0.161. The van der Waals surface area contributed by atoms with E-state index in [2.05, 4.69) is 10.6 Å². The Bertz CT molecular complexity index is 971. The Morgan fingerprint density at radius 3 is 1.97 bits per heavy atom. The molecule has 0 aliphatic heterocycles. The fourth-order valence-corrected chi connectivity index (χ4v) is 3.29. The average molecular weight is 482 g/mol. The molecule has 2 aromatic rings. The number of benzene rings is 2. The van der Waals surface area contributed by atoms with Crippen LogP contribution in [0.3, 0.4) is 0 Å². The molecule has 0 saturated heterocycles. The Morgan fingerprint density at radius 1 is 0.829 bits per heavy atom. The minimum absolute atomic E-state index is 0.0838. The maximum Gasteiger partial charge on any atom is 0.243 e. The smallest absolute Gasteiger partial charge is 0.243 e. The number of amides is 2. The summed E-state index contributed by atoms with van der Waals surface area (Å²) >= 11 is 0. The van der Waals surface area contributed by atoms with Gasteiger partial charge in [-0.2, -0.15) is 0 Å². The van der Waals surface area contributed by atoms with Crippen LogP contribution in [0.25, 0.3) is 12.2 Å². The minimum atomic E-state index is -0.802. The normalized spacial score (nSPS) is 12.3. The first-order chi connectivity index (χ1) is 16.8. The molecule has 1 atom stereocenters. The molecule has 0 aliphatic carbocycles. The van der Waals surface area contributed by atoms with Crippen LogP contribution in [0.1, 0.15) is 37.3 Å². The summed E-state index contributed by atoms with van der Waals surface area (Å²) in [5, 5.41) is 35.0. The van der Waals surface area contributed by atoms with Gasteiger partial charge in [0, 0.05) is 39.2 Å². The zero-order valence-corrected chi connectivity index (χ0v) is 20.1. The number of rotatable bonds is 14. The van der Waals surface area contributed by atoms with E-state index in [1.54, 1.807) is 66.8 Å². The van der Waals surface area contributed by atoms with Gasteiger partial charge in [-0.25, -0.2) is 0 Å². The van der Waals surface area contributed by atoms with Gasteiger partial charge in [0.05, 0.1) is 0 Å². The lowest BCUT2D eigenvalue weighted by molar-refractivity contribution is -0.119. The molecule has 0 aromatic heterocycles. The van der Waals surface area contributed by atoms with Crippen LogP contribution in [-0.2, 0) is 9.59 Å². The molecular weight excluding hydrogens is 446 g/mol. The highest BCUT2D eigenvalue weighted by Crippen LogP contribution is 2.13. The third kappa shape index (κ3) is 11.9. The van der Waals surface area contributed by atoms with E-state index in [0.29, 0.717) is 32.6 Å². The molecule has 5 N–H and O–H groups in total. The van der Waals surface area contributed by atoms with Gasteiger partial charge in [-0.1, -0.05) is 30.3 Å². The molecule has 8 heteroatoms. The van der Waals surface area contributed by atoms with Crippen molar-refractivity contribution in [1.82, 2.24) is 15.5 Å². The van der Waals surface area contributed by atoms with Crippen molar-refractivity contribution in [2.75, 3.05) is 26.2 Å². The third-order valence-corrected chi connectivity index (χ3v) is 5.22. The van der Waals surface area contributed by atoms with E-state index in [9.17, 15) is 24.9 Å². The Kier molecular flexibility index (Phi) is 12.1. The number of aromatic hydroxyl groups is 2. The lowest BCUT2D eigenvalue weighted by Gasteiger charge is -2.26. The van der Waals surface area contributed by atoms with Crippen LogP contribution in [0.15, 0.2) is 60.7 Å². The number of unbranched alkanes of at least 4 members (excludes halogenated alkanes) is 1. The lowest BCUT2D eigenvalue weighted by Crippen LogP contribution is -2.37. The number of phenolic OH excluding ortho intramolecular Hbond substituents is 2. The molecule has 2 amide bonds. The molecule has 2 rings (SSSR count). The standard InChI is InChI=1S/C27H35N3O5/c1-21(31)28-18-4-20-30(27(35)16-10-23-7-13-25(33)14-8-23)19-3-2-17-29-26(34)15-9-22-5-11-24(32)12-6-22/h5-16,27,32-33,35H,2-4,17-20H2,1H3,(H,28,31)(H,29,34)/b15-9+,16-10+. The van der Waals surface area contributed by atoms with Gasteiger partial charge >= 0.3 is 0 Å². The molecule has 0 aliphatic rings. The molecule has 0 saturated carbocycles. The predicted molar refractivity (Wildman–Crippen MR) is 137 cm³/mol. The van der Waals surface area contributed by atoms with Crippen LogP contribution in [0, 0.1) is 0 Å². The molecule has 0 bridgehead atoms. The summed E-state index contributed by atoms with van der Waals surface area (Å²) in [6.07, 6.45) is 8.04. The minimum Gasteiger partial charge on any atom is -0.508 e. The number of hydrogen-bond donors (Lipinski definition) is 5. The Morgan fingerprint density at radius 2 is 1.37 bits per heavy atom. The van der Waals surface area contributed by atoms with Gasteiger partial charge in [0.1, 0.15) is 17.7 Å². The van der Waals surface area contributed by atoms with Crippen molar-refractivity contribution < 1.29 is 24.9 Å². The Hall–Kier alpha value is -3.62. The van der Waals surface area contributed by atoms with Crippen molar-refractivity contribution in [1.29, 1.82) is 0 Å². The van der Waals surface area contributed by atoms with Crippen LogP contribution in [0.2, 0.25) is 0 Å². The average Bonchev–Trinajstić information content (AvgIpc) is 2.84. The first kappa shape index (κ1) is 27.6. The Labute approximate surface area is 206 Å². The third-order valence-electron chi connectivity index (χ3n) is 5.22. The summed E-state index contributed by atoms with van der Waals surface area (Å²) in [5.41, 5.74) is 1.69. The number of carbonyl (C=O) groups excluding carboxylic acids is 2. The molecular formula is C27H35N3O5. The first-order valence-corrected chi connectivity index (χ1v) is 11.7. The number of aliphatic hydroxyl groups is 1. The lowest BCUT2D eigenvalue weighted by atomic mass is 10.2. The number of carbonyl (C=O) groups is 2. The van der Waals surface area contributed by atoms with Gasteiger partial charge < -0.3 is 26.0 Å². The van der Waals surface area contributed by atoms with Gasteiger partial charge in [0.2, 0.25) is 11.8 Å². The molecule has 35 heavy (non-hydrogen) atoms. The van der Waals surface area contributed by atoms with E-state index in [-0.39, 0.29) is 23.3 Å². The van der Waals surface area contributed by atoms with E-state index in [0.717, 1.165) is 24.0 Å². The van der Waals surface area contributed by atoms with Crippen molar-refractivity contribution in [2.24, 2.45) is 0 Å². The topological polar surface area (TPSA) is 122 Å². The second kappa shape index (κ2) is 15.3. The summed E-state index contributed by atoms with van der Waals surface area (Å²) in [4.78, 5) is 25.0. The maximum absolute atomic E-state index is 12.0. The van der Waals surface area contributed by atoms with Crippen molar-refractivity contribution in [3.8, 4) is 11.5 Å². The zero-order chi connectivity index (χ0) is 25.5. The van der Waals surface area contributed by atoms with Crippen molar-refractivity contribution in [3.63, 3.8) is 0 Å². The van der Waals surface area contributed by atoms with Crippen LogP contribution in [-0.4, -0.2) is 64.4 Å². The highest BCUT2D eigenvalue weighted by molar-refractivity contribution is 5.91. The number of phenols is 2. The molecule has 1 unspecified atom stereocenters. The monoisotopic (exact) mass is 481 g/mol. The van der Waals surface area contributed by atoms with Crippen LogP contribution in [0.5, 0.6) is 11.5 Å². The molecule has 0 spiro atoms. The highest BCUT2D eigenvalue weighted by atomic mass is 16.3. The fourth-order valence-electron chi connectivity index (χ4n) is 3.29. The Balaban J connectivity index is 1.78. The van der Waals surface area contributed by atoms with Crippen LogP contribution in [0.4, 0.5) is 0 Å². The van der Waals surface area contributed by atoms with E-state index in [1.165, 1.54) is 13.0 Å². The maximum atomic E-state index is 12.0. The molecule has 0 fully saturated rings. The van der Waals surface area contributed by atoms with Crippen molar-refractivity contribution in [2.45, 2.75) is 32.4 Å². The van der Waals surface area contributed by atoms with Crippen LogP contribution < -0.4 is 10.6 Å². The van der Waals surface area contributed by atoms with Crippen LogP contribution >= 0.6 is 0 Å². The molecule has 0 radical (unpaired) electrons. The summed E-state index contributed by atoms with van der Waals surface area (Å²) in [6, 6.07) is 13.3. The number of nitrogens with zero attached hydrogens (tertiary/aromatic N) is 1. The highest BCUT2D eigenvalue weighted by Gasteiger charge is 2.12. The number of hydrogen-bond acceptors (Lipinski definition) is 6. The van der Waals surface area contributed by atoms with Gasteiger partial charge in [0.15, 0.2) is 0 Å². The van der Waals surface area contributed by atoms with E-state index in [4.69, 9.17) is 0 Å². The fraction of sp³-hybridized carbons (Fsp3) is 0.333. The largest absolute Gasteiger partial charge is 0.508 e. The van der Waals surface area contributed by atoms with Gasteiger partial charge in [-0.05, 0) is 66.8 Å². The van der Waals surface area contributed by atoms with Gasteiger partial charge in [-0.15, -0.1) is 0 Å². The number of nitrogens with one attached hydrogen (secondary N) is 2. The molecule has 188 valence electrons. The molecule has 0 heterocycles. The molecule has 8 nitrogen and oxygen atoms in total. The van der Waals surface area contributed by atoms with Gasteiger partial charge in [0.25, 0.3) is 0 Å². The predicted octanol–water partition coefficient (Wildman–Crippen LogP) is 2.87. The summed E-state index contributed by atoms with van der Waals surface area (Å²) < 4.78 is 0. The van der Waals surface area contributed by atoms with E-state index in [1.807, 2.05) is 4.90 Å². The summed E-state index contributed by atoms with van der Waals surface area (Å²) in [6.45, 7) is 3.74. The number of aliphatic hydroxyl groups excluding tert-OH is 1. The second-order valence-corrected chi connectivity index (χ2v) is 8.16.